The number of hydrogen-bond donors (Lipinski definition) is 4. The van der Waals surface area contributed by atoms with Crippen LogP contribution in [0.1, 0.15) is 99.3 Å². The van der Waals surface area contributed by atoms with Crippen LogP contribution in [0.5, 0.6) is 0 Å². The molecule has 0 atom stereocenters. The lowest BCUT2D eigenvalue weighted by Gasteiger charge is -2.27. The zero-order valence-corrected chi connectivity index (χ0v) is 24.7. The maximum Gasteiger partial charge on any atom is 0.306 e. The van der Waals surface area contributed by atoms with Gasteiger partial charge in [-0.2, -0.15) is 0 Å². The third-order valence-electron chi connectivity index (χ3n) is 5.83. The molecule has 1 heterocycles. The smallest absolute Gasteiger partial charge is 0.306 e. The summed E-state index contributed by atoms with van der Waals surface area (Å²) in [4.78, 5) is 26.1. The van der Waals surface area contributed by atoms with Crippen molar-refractivity contribution in [3.63, 3.8) is 0 Å². The average Bonchev–Trinajstić information content (AvgIpc) is 2.77. The average molecular weight is 530 g/mol. The van der Waals surface area contributed by atoms with E-state index in [4.69, 9.17) is 28.4 Å². The van der Waals surface area contributed by atoms with Gasteiger partial charge in [-0.25, -0.2) is 0 Å². The summed E-state index contributed by atoms with van der Waals surface area (Å²) in [6.07, 6.45) is 8.75. The van der Waals surface area contributed by atoms with Gasteiger partial charge in [0.1, 0.15) is 6.10 Å². The van der Waals surface area contributed by atoms with E-state index in [1.165, 1.54) is 19.3 Å². The van der Waals surface area contributed by atoms with Crippen LogP contribution in [0.15, 0.2) is 0 Å². The Hall–Kier alpha value is -1.29. The van der Waals surface area contributed by atoms with Crippen molar-refractivity contribution < 1.29 is 14.3 Å². The second-order valence-corrected chi connectivity index (χ2v) is 12.6. The summed E-state index contributed by atoms with van der Waals surface area (Å²) in [5, 5.41) is 6.09. The summed E-state index contributed by atoms with van der Waals surface area (Å²) in [5.74, 6) is -0.0629. The lowest BCUT2D eigenvalue weighted by molar-refractivity contribution is -0.148. The molecule has 1 saturated heterocycles. The normalized spacial score (nSPS) is 14.6. The lowest BCUT2D eigenvalue weighted by atomic mass is 9.89. The van der Waals surface area contributed by atoms with Crippen molar-refractivity contribution in [3.05, 3.63) is 0 Å². The van der Waals surface area contributed by atoms with E-state index in [0.717, 1.165) is 50.2 Å². The molecule has 1 aliphatic rings. The minimum Gasteiger partial charge on any atom is -0.460 e. The number of carbonyl (C=O) groups is 2. The molecule has 0 aliphatic carbocycles. The van der Waals surface area contributed by atoms with Crippen molar-refractivity contribution in [2.24, 2.45) is 22.3 Å². The molecule has 0 aromatic heterocycles. The quantitative estimate of drug-likeness (QED) is 0.153. The Kier molecular flexibility index (Phi) is 18.2. The van der Waals surface area contributed by atoms with Crippen LogP contribution in [0.25, 0.3) is 0 Å². The molecule has 0 spiro atoms. The summed E-state index contributed by atoms with van der Waals surface area (Å²) in [5.41, 5.74) is 11.6. The maximum absolute atomic E-state index is 11.7. The zero-order valence-electron chi connectivity index (χ0n) is 23.9. The van der Waals surface area contributed by atoms with Gasteiger partial charge in [0.05, 0.1) is 18.2 Å². The van der Waals surface area contributed by atoms with Crippen LogP contribution in [0, 0.1) is 10.8 Å². The fourth-order valence-corrected chi connectivity index (χ4v) is 3.72. The molecule has 1 amide bonds. The van der Waals surface area contributed by atoms with E-state index in [0.29, 0.717) is 43.6 Å². The number of amides is 1. The number of carbonyl (C=O) groups excluding carboxylic acids is 2. The molecule has 0 radical (unpaired) electrons. The van der Waals surface area contributed by atoms with Crippen molar-refractivity contribution in [1.82, 2.24) is 15.5 Å². The Bertz CT molecular complexity index is 618. The highest BCUT2D eigenvalue weighted by atomic mass is 32.1. The number of nitrogens with zero attached hydrogens (tertiary/aromatic N) is 1. The van der Waals surface area contributed by atoms with Crippen LogP contribution >= 0.6 is 12.2 Å². The summed E-state index contributed by atoms with van der Waals surface area (Å²) < 4.78 is 5.11. The van der Waals surface area contributed by atoms with E-state index >= 15 is 0 Å². The molecular formula is C27H55N5O3S. The number of nitrogens with two attached hydrogens (primary N) is 2. The van der Waals surface area contributed by atoms with Gasteiger partial charge in [-0.05, 0) is 36.5 Å². The monoisotopic (exact) mass is 529 g/mol. The van der Waals surface area contributed by atoms with Crippen LogP contribution in [-0.4, -0.2) is 67.3 Å². The SMILES string of the molecule is CC(C)(C)CCCCCC(=O)OC(CN)CN.CC(C)(C)CCCCNC(=O)CN1CCC(=S)NC1. The van der Waals surface area contributed by atoms with Crippen molar-refractivity contribution in [2.45, 2.75) is 105 Å². The number of unbranched alkanes of at least 4 members (excludes halogenated alkanes) is 3. The predicted octanol–water partition coefficient (Wildman–Crippen LogP) is 3.71. The first-order chi connectivity index (χ1) is 16.8. The second-order valence-electron chi connectivity index (χ2n) is 12.1. The molecule has 0 saturated carbocycles. The van der Waals surface area contributed by atoms with Crippen molar-refractivity contribution in [1.29, 1.82) is 0 Å². The van der Waals surface area contributed by atoms with Gasteiger partial charge >= 0.3 is 5.97 Å². The molecule has 36 heavy (non-hydrogen) atoms. The molecule has 0 unspecified atom stereocenters. The van der Waals surface area contributed by atoms with E-state index in [2.05, 4.69) is 57.1 Å². The summed E-state index contributed by atoms with van der Waals surface area (Å²) in [6.45, 7) is 16.9. The Morgan fingerprint density at radius 1 is 1.00 bits per heavy atom. The van der Waals surface area contributed by atoms with E-state index in [-0.39, 0.29) is 18.0 Å². The molecule has 0 bridgehead atoms. The second kappa shape index (κ2) is 18.9. The molecule has 8 nitrogen and oxygen atoms in total. The van der Waals surface area contributed by atoms with Crippen LogP contribution in [0.4, 0.5) is 0 Å². The standard InChI is InChI=1S/C14H27N3OS.C13H28N2O2/c1-14(2,3)7-4-5-8-15-12(18)10-17-9-6-13(19)16-11-17;1-13(2,3)8-6-4-5-7-12(16)17-11(9-14)10-15/h4-11H2,1-3H3,(H,15,18)(H,16,19);11H,4-10,14-15H2,1-3H3. The largest absolute Gasteiger partial charge is 0.460 e. The number of esters is 1. The zero-order chi connectivity index (χ0) is 27.6. The number of ether oxygens (including phenoxy) is 1. The van der Waals surface area contributed by atoms with Crippen LogP contribution in [0.2, 0.25) is 0 Å². The fourth-order valence-electron chi connectivity index (χ4n) is 3.57. The highest BCUT2D eigenvalue weighted by molar-refractivity contribution is 7.80. The highest BCUT2D eigenvalue weighted by Crippen LogP contribution is 2.22. The minimum absolute atomic E-state index is 0.116. The predicted molar refractivity (Wildman–Crippen MR) is 154 cm³/mol. The molecule has 1 rings (SSSR count). The van der Waals surface area contributed by atoms with Gasteiger partial charge in [0.2, 0.25) is 5.91 Å². The molecule has 9 heteroatoms. The Labute approximate surface area is 226 Å². The number of hydrogen-bond acceptors (Lipinski definition) is 7. The Morgan fingerprint density at radius 2 is 1.58 bits per heavy atom. The number of thiocarbonyl (C=S) groups is 1. The Balaban J connectivity index is 0.000000686. The minimum atomic E-state index is -0.322. The molecule has 212 valence electrons. The van der Waals surface area contributed by atoms with E-state index < -0.39 is 0 Å². The fraction of sp³-hybridized carbons (Fsp3) is 0.889. The van der Waals surface area contributed by atoms with Gasteiger partial charge in [-0.15, -0.1) is 0 Å². The van der Waals surface area contributed by atoms with Crippen molar-refractivity contribution in [2.75, 3.05) is 39.4 Å². The summed E-state index contributed by atoms with van der Waals surface area (Å²) >= 11 is 5.06. The molecule has 6 N–H and O–H groups in total. The van der Waals surface area contributed by atoms with Gasteiger partial charge in [-0.3, -0.25) is 14.5 Å². The van der Waals surface area contributed by atoms with E-state index in [9.17, 15) is 9.59 Å². The first-order valence-electron chi connectivity index (χ1n) is 13.6. The first-order valence-corrected chi connectivity index (χ1v) is 14.0. The lowest BCUT2D eigenvalue weighted by Crippen LogP contribution is -2.48. The van der Waals surface area contributed by atoms with Crippen LogP contribution in [-0.2, 0) is 14.3 Å². The third-order valence-corrected chi connectivity index (χ3v) is 6.18. The third kappa shape index (κ3) is 21.9. The Morgan fingerprint density at radius 3 is 2.08 bits per heavy atom. The molecule has 1 fully saturated rings. The molecule has 0 aromatic carbocycles. The highest BCUT2D eigenvalue weighted by Gasteiger charge is 2.16. The van der Waals surface area contributed by atoms with Gasteiger partial charge < -0.3 is 26.8 Å². The van der Waals surface area contributed by atoms with Crippen molar-refractivity contribution >= 4 is 29.1 Å². The number of nitrogens with one attached hydrogen (secondary N) is 2. The van der Waals surface area contributed by atoms with Gasteiger partial charge in [0, 0.05) is 39.0 Å². The topological polar surface area (TPSA) is 123 Å². The van der Waals surface area contributed by atoms with E-state index in [1.807, 2.05) is 0 Å². The van der Waals surface area contributed by atoms with Crippen LogP contribution < -0.4 is 22.1 Å². The van der Waals surface area contributed by atoms with Crippen LogP contribution in [0.3, 0.4) is 0 Å². The van der Waals surface area contributed by atoms with Crippen molar-refractivity contribution in [3.8, 4) is 0 Å². The summed E-state index contributed by atoms with van der Waals surface area (Å²) in [7, 11) is 0. The molecule has 1 aliphatic heterocycles. The summed E-state index contributed by atoms with van der Waals surface area (Å²) in [6, 6.07) is 0. The molecular weight excluding hydrogens is 474 g/mol. The van der Waals surface area contributed by atoms with Gasteiger partial charge in [0.15, 0.2) is 0 Å². The first kappa shape index (κ1) is 34.7. The number of rotatable bonds is 14. The van der Waals surface area contributed by atoms with E-state index in [1.54, 1.807) is 0 Å². The van der Waals surface area contributed by atoms with Gasteiger partial charge in [0.25, 0.3) is 0 Å². The maximum atomic E-state index is 11.7. The van der Waals surface area contributed by atoms with Gasteiger partial charge in [-0.1, -0.05) is 73.0 Å². The molecule has 0 aromatic rings.